The van der Waals surface area contributed by atoms with Gasteiger partial charge in [-0.15, -0.1) is 0 Å². The fourth-order valence-corrected chi connectivity index (χ4v) is 1.61. The van der Waals surface area contributed by atoms with Gasteiger partial charge in [0.15, 0.2) is 0 Å². The van der Waals surface area contributed by atoms with Crippen molar-refractivity contribution in [2.24, 2.45) is 0 Å². The normalized spacial score (nSPS) is 15.5. The monoisotopic (exact) mass is 236 g/mol. The van der Waals surface area contributed by atoms with E-state index in [-0.39, 0.29) is 11.8 Å². The number of cyclic esters (lactones) is 1. The van der Waals surface area contributed by atoms with Crippen molar-refractivity contribution in [1.82, 2.24) is 9.88 Å². The van der Waals surface area contributed by atoms with Gasteiger partial charge in [0.05, 0.1) is 13.2 Å². The van der Waals surface area contributed by atoms with Crippen LogP contribution in [0.25, 0.3) is 0 Å². The Morgan fingerprint density at radius 2 is 2.35 bits per heavy atom. The number of carboxylic acids is 1. The Morgan fingerprint density at radius 3 is 2.94 bits per heavy atom. The van der Waals surface area contributed by atoms with Gasteiger partial charge in [-0.2, -0.15) is 0 Å². The molecule has 90 valence electrons. The van der Waals surface area contributed by atoms with Crippen LogP contribution in [0.2, 0.25) is 0 Å². The van der Waals surface area contributed by atoms with Crippen LogP contribution in [0, 0.1) is 0 Å². The fraction of sp³-hybridized carbons (Fsp3) is 0.364. The van der Waals surface area contributed by atoms with E-state index < -0.39 is 5.97 Å². The van der Waals surface area contributed by atoms with E-state index in [9.17, 15) is 9.59 Å². The van der Waals surface area contributed by atoms with Crippen molar-refractivity contribution in [1.29, 1.82) is 0 Å². The third kappa shape index (κ3) is 2.72. The minimum atomic E-state index is -1.06. The Labute approximate surface area is 97.8 Å². The van der Waals surface area contributed by atoms with Gasteiger partial charge in [-0.1, -0.05) is 6.07 Å². The molecule has 0 saturated carbocycles. The van der Waals surface area contributed by atoms with Crippen molar-refractivity contribution in [3.8, 4) is 0 Å². The van der Waals surface area contributed by atoms with Crippen LogP contribution < -0.4 is 0 Å². The van der Waals surface area contributed by atoms with Gasteiger partial charge < -0.3 is 14.7 Å². The molecule has 1 saturated heterocycles. The number of ether oxygens (including phenoxy) is 1. The average Bonchev–Trinajstić information content (AvgIpc) is 2.33. The van der Waals surface area contributed by atoms with E-state index >= 15 is 0 Å². The molecule has 0 aliphatic carbocycles. The molecule has 17 heavy (non-hydrogen) atoms. The van der Waals surface area contributed by atoms with E-state index in [1.165, 1.54) is 12.3 Å². The molecule has 0 spiro atoms. The first-order valence-electron chi connectivity index (χ1n) is 5.27. The zero-order valence-electron chi connectivity index (χ0n) is 9.13. The summed E-state index contributed by atoms with van der Waals surface area (Å²) in [5.41, 5.74) is 0.781. The number of nitrogens with zero attached hydrogens (tertiary/aromatic N) is 2. The molecule has 2 heterocycles. The van der Waals surface area contributed by atoms with E-state index in [1.807, 2.05) is 0 Å². The molecular weight excluding hydrogens is 224 g/mol. The van der Waals surface area contributed by atoms with Crippen molar-refractivity contribution in [3.05, 3.63) is 29.6 Å². The molecule has 1 fully saturated rings. The number of pyridine rings is 1. The Kier molecular flexibility index (Phi) is 3.22. The van der Waals surface area contributed by atoms with Crippen molar-refractivity contribution in [2.45, 2.75) is 13.0 Å². The van der Waals surface area contributed by atoms with Crippen molar-refractivity contribution >= 4 is 12.1 Å². The van der Waals surface area contributed by atoms with E-state index in [1.54, 1.807) is 11.0 Å². The van der Waals surface area contributed by atoms with Crippen LogP contribution in [0.5, 0.6) is 0 Å². The predicted octanol–water partition coefficient (Wildman–Crippen LogP) is 1.12. The number of carbonyl (C=O) groups excluding carboxylic acids is 1. The zero-order valence-corrected chi connectivity index (χ0v) is 9.13. The molecule has 0 aromatic carbocycles. The second kappa shape index (κ2) is 4.82. The number of aromatic nitrogens is 1. The average molecular weight is 236 g/mol. The first-order valence-corrected chi connectivity index (χ1v) is 5.27. The van der Waals surface area contributed by atoms with Gasteiger partial charge in [0.2, 0.25) is 0 Å². The Morgan fingerprint density at radius 1 is 1.53 bits per heavy atom. The smallest absolute Gasteiger partial charge is 0.410 e. The van der Waals surface area contributed by atoms with Gasteiger partial charge in [0.1, 0.15) is 5.69 Å². The number of hydrogen-bond acceptors (Lipinski definition) is 4. The molecule has 1 aromatic rings. The Hall–Kier alpha value is -2.11. The summed E-state index contributed by atoms with van der Waals surface area (Å²) in [7, 11) is 0. The number of rotatable bonds is 3. The summed E-state index contributed by atoms with van der Waals surface area (Å²) in [6.07, 6.45) is 1.94. The summed E-state index contributed by atoms with van der Waals surface area (Å²) in [6, 6.07) is 3.07. The maximum absolute atomic E-state index is 11.4. The molecule has 1 N–H and O–H groups in total. The number of aromatic carboxylic acids is 1. The minimum absolute atomic E-state index is 0.00466. The second-order valence-electron chi connectivity index (χ2n) is 3.75. The highest BCUT2D eigenvalue weighted by Gasteiger charge is 2.19. The quantitative estimate of drug-likeness (QED) is 0.850. The summed E-state index contributed by atoms with van der Waals surface area (Å²) in [6.45, 7) is 1.51. The molecule has 0 unspecified atom stereocenters. The lowest BCUT2D eigenvalue weighted by molar-refractivity contribution is 0.0680. The molecular formula is C11H12N2O4. The van der Waals surface area contributed by atoms with Crippen LogP contribution in [0.3, 0.4) is 0 Å². The highest BCUT2D eigenvalue weighted by atomic mass is 16.6. The molecule has 1 amide bonds. The van der Waals surface area contributed by atoms with E-state index in [0.29, 0.717) is 19.7 Å². The van der Waals surface area contributed by atoms with Gasteiger partial charge in [0, 0.05) is 12.7 Å². The SMILES string of the molecule is O=C(O)c1ccc(CN2CCCOC2=O)cn1. The predicted molar refractivity (Wildman–Crippen MR) is 57.6 cm³/mol. The minimum Gasteiger partial charge on any atom is -0.477 e. The van der Waals surface area contributed by atoms with Gasteiger partial charge in [-0.3, -0.25) is 0 Å². The number of carboxylic acid groups (broad SMARTS) is 1. The molecule has 0 bridgehead atoms. The maximum atomic E-state index is 11.4. The lowest BCUT2D eigenvalue weighted by Crippen LogP contribution is -2.37. The van der Waals surface area contributed by atoms with Crippen molar-refractivity contribution in [3.63, 3.8) is 0 Å². The number of carbonyl (C=O) groups is 2. The van der Waals surface area contributed by atoms with Gasteiger partial charge in [0.25, 0.3) is 0 Å². The van der Waals surface area contributed by atoms with Crippen LogP contribution in [-0.4, -0.2) is 40.2 Å². The van der Waals surface area contributed by atoms with Gasteiger partial charge in [-0.05, 0) is 18.1 Å². The molecule has 1 aliphatic heterocycles. The third-order valence-corrected chi connectivity index (χ3v) is 2.47. The molecule has 1 aliphatic rings. The summed E-state index contributed by atoms with van der Waals surface area (Å²) in [5, 5.41) is 8.69. The van der Waals surface area contributed by atoms with E-state index in [2.05, 4.69) is 4.98 Å². The topological polar surface area (TPSA) is 79.7 Å². The van der Waals surface area contributed by atoms with Gasteiger partial charge >= 0.3 is 12.1 Å². The standard InChI is InChI=1S/C11H12N2O4/c14-10(15)9-3-2-8(6-12-9)7-13-4-1-5-17-11(13)16/h2-3,6H,1,4-5,7H2,(H,14,15). The van der Waals surface area contributed by atoms with Crippen molar-refractivity contribution < 1.29 is 19.4 Å². The van der Waals surface area contributed by atoms with Gasteiger partial charge in [-0.25, -0.2) is 14.6 Å². The first-order chi connectivity index (χ1) is 8.16. The highest BCUT2D eigenvalue weighted by Crippen LogP contribution is 2.10. The molecule has 0 atom stereocenters. The van der Waals surface area contributed by atoms with Crippen LogP contribution >= 0.6 is 0 Å². The lowest BCUT2D eigenvalue weighted by Gasteiger charge is -2.26. The number of amides is 1. The van der Waals surface area contributed by atoms with E-state index in [4.69, 9.17) is 9.84 Å². The van der Waals surface area contributed by atoms with Crippen molar-refractivity contribution in [2.75, 3.05) is 13.2 Å². The largest absolute Gasteiger partial charge is 0.477 e. The van der Waals surface area contributed by atoms with Crippen LogP contribution in [-0.2, 0) is 11.3 Å². The molecule has 6 nitrogen and oxygen atoms in total. The molecule has 6 heteroatoms. The third-order valence-electron chi connectivity index (χ3n) is 2.47. The van der Waals surface area contributed by atoms with Crippen LogP contribution in [0.4, 0.5) is 4.79 Å². The Balaban J connectivity index is 2.03. The molecule has 0 radical (unpaired) electrons. The van der Waals surface area contributed by atoms with Crippen LogP contribution in [0.1, 0.15) is 22.5 Å². The van der Waals surface area contributed by atoms with E-state index in [0.717, 1.165) is 12.0 Å². The summed E-state index contributed by atoms with van der Waals surface area (Å²) in [5.74, 6) is -1.06. The van der Waals surface area contributed by atoms with Crippen LogP contribution in [0.15, 0.2) is 18.3 Å². The summed E-state index contributed by atoms with van der Waals surface area (Å²) in [4.78, 5) is 27.3. The summed E-state index contributed by atoms with van der Waals surface area (Å²) >= 11 is 0. The summed E-state index contributed by atoms with van der Waals surface area (Å²) < 4.78 is 4.90. The maximum Gasteiger partial charge on any atom is 0.410 e. The fourth-order valence-electron chi connectivity index (χ4n) is 1.61. The molecule has 1 aromatic heterocycles. The Bertz CT molecular complexity index is 430. The molecule has 2 rings (SSSR count). The number of hydrogen-bond donors (Lipinski definition) is 1. The lowest BCUT2D eigenvalue weighted by atomic mass is 10.2. The highest BCUT2D eigenvalue weighted by molar-refractivity contribution is 5.85. The second-order valence-corrected chi connectivity index (χ2v) is 3.75. The first kappa shape index (κ1) is 11.4. The zero-order chi connectivity index (χ0) is 12.3.